The Morgan fingerprint density at radius 1 is 0.667 bits per heavy atom. The zero-order chi connectivity index (χ0) is 49.9. The molecule has 1 saturated heterocycles. The molecule has 378 valence electrons. The predicted molar refractivity (Wildman–Crippen MR) is 240 cm³/mol. The maximum atomic E-state index is 13.9. The fourth-order valence-corrected chi connectivity index (χ4v) is 6.56. The van der Waals surface area contributed by atoms with Crippen molar-refractivity contribution in [1.29, 1.82) is 0 Å². The summed E-state index contributed by atoms with van der Waals surface area (Å²) in [7, 11) is 0. The van der Waals surface area contributed by atoms with E-state index in [-0.39, 0.29) is 96.7 Å². The Morgan fingerprint density at radius 2 is 1.20 bits per heavy atom. The molecule has 0 unspecified atom stereocenters. The summed E-state index contributed by atoms with van der Waals surface area (Å²) in [6.07, 6.45) is -1.81. The molecule has 27 heteroatoms. The molecule has 9 amide bonds. The highest BCUT2D eigenvalue weighted by Crippen LogP contribution is 2.08. The molecule has 0 aromatic rings. The van der Waals surface area contributed by atoms with Crippen LogP contribution in [0.25, 0.3) is 0 Å². The lowest BCUT2D eigenvalue weighted by Crippen LogP contribution is -2.61. The van der Waals surface area contributed by atoms with Gasteiger partial charge in [-0.05, 0) is 97.1 Å². The van der Waals surface area contributed by atoms with E-state index < -0.39 is 127 Å². The van der Waals surface area contributed by atoms with Gasteiger partial charge in [0.2, 0.25) is 53.2 Å². The molecule has 1 aliphatic heterocycles. The smallest absolute Gasteiger partial charge is 0.245 e. The fraction of sp³-hybridized carbons (Fsp3) is 0.769. The van der Waals surface area contributed by atoms with Crippen LogP contribution in [-0.2, 0) is 43.2 Å². The standard InChI is InChI=1S/C39H76N16O11/c1-20(2)16-29-38(65)52-26(7-13-43)35(62)51-25(6-12-42)34(61)48-22(19-56)17-46-15-9-28(37(64)50-24(5-11-41)33(60)47-18-30(58)49-29)53-36(63)27(8-14-44)54-39(66)31(21(3)57)55-32(59)23(45)4-10-40/h20-29,31,46,56-57H,4-19,40-45H2,1-3H3,(H,47,60)(H,48,61)(H,49,58)(H,50,64)(H,51,62)(H,52,65)(H,53,63)(H,54,66)(H,55,59)/t21-,22-,23+,24+,25+,26+,27+,28+,29+,31+/m1/s1. The molecule has 0 spiro atoms. The Hall–Kier alpha value is -5.13. The van der Waals surface area contributed by atoms with E-state index in [0.29, 0.717) is 0 Å². The number of rotatable bonds is 20. The molecule has 27 nitrogen and oxygen atoms in total. The van der Waals surface area contributed by atoms with E-state index in [1.165, 1.54) is 6.92 Å². The van der Waals surface area contributed by atoms with E-state index in [2.05, 4.69) is 53.2 Å². The van der Waals surface area contributed by atoms with Gasteiger partial charge in [0, 0.05) is 6.54 Å². The van der Waals surface area contributed by atoms with Gasteiger partial charge in [0.1, 0.15) is 42.3 Å². The molecule has 0 aliphatic carbocycles. The molecular formula is C39H76N16O11. The van der Waals surface area contributed by atoms with Crippen LogP contribution >= 0.6 is 0 Å². The molecule has 0 aromatic carbocycles. The summed E-state index contributed by atoms with van der Waals surface area (Å²) >= 11 is 0. The quantitative estimate of drug-likeness (QED) is 0.0539. The van der Waals surface area contributed by atoms with Gasteiger partial charge in [0.05, 0.1) is 31.3 Å². The monoisotopic (exact) mass is 945 g/mol. The minimum absolute atomic E-state index is 0.0330. The summed E-state index contributed by atoms with van der Waals surface area (Å²) < 4.78 is 0. The van der Waals surface area contributed by atoms with E-state index >= 15 is 0 Å². The van der Waals surface area contributed by atoms with E-state index in [9.17, 15) is 53.4 Å². The second kappa shape index (κ2) is 31.7. The molecule has 10 atom stereocenters. The summed E-state index contributed by atoms with van der Waals surface area (Å²) in [5.41, 5.74) is 34.3. The number of aliphatic hydroxyl groups excluding tert-OH is 2. The average Bonchev–Trinajstić information content (AvgIpc) is 3.25. The van der Waals surface area contributed by atoms with Crippen LogP contribution < -0.4 is 87.6 Å². The molecule has 1 heterocycles. The lowest BCUT2D eigenvalue weighted by molar-refractivity contribution is -0.136. The normalized spacial score (nSPS) is 24.2. The van der Waals surface area contributed by atoms with E-state index in [4.69, 9.17) is 34.4 Å². The Balaban J connectivity index is 3.59. The van der Waals surface area contributed by atoms with Crippen LogP contribution in [0.2, 0.25) is 0 Å². The average molecular weight is 945 g/mol. The van der Waals surface area contributed by atoms with Crippen molar-refractivity contribution in [3.63, 3.8) is 0 Å². The number of amides is 9. The van der Waals surface area contributed by atoms with Crippen LogP contribution in [0.15, 0.2) is 0 Å². The first-order chi connectivity index (χ1) is 31.3. The second-order valence-corrected chi connectivity index (χ2v) is 16.4. The highest BCUT2D eigenvalue weighted by molar-refractivity contribution is 5.97. The molecule has 66 heavy (non-hydrogen) atoms. The Morgan fingerprint density at radius 3 is 1.71 bits per heavy atom. The molecule has 0 bridgehead atoms. The molecule has 0 saturated carbocycles. The Kier molecular flexibility index (Phi) is 28.3. The number of carbonyl (C=O) groups is 9. The SMILES string of the molecule is CC(C)C[C@@H]1NC(=O)CNC(=O)[C@H](CCN)NC(=O)[C@@H](NC(=O)[C@H](CCN)NC(=O)[C@@H](NC(=O)[C@@H](N)CCN)[C@@H](C)O)CCNC[C@H](CO)NC(=O)[C@H](CCN)NC(=O)[C@H](CCN)NC1=O. The van der Waals surface area contributed by atoms with Crippen molar-refractivity contribution in [2.45, 2.75) is 126 Å². The summed E-state index contributed by atoms with van der Waals surface area (Å²) in [5.74, 6) is -7.55. The number of nitrogens with two attached hydrogens (primary N) is 6. The molecular weight excluding hydrogens is 869 g/mol. The van der Waals surface area contributed by atoms with Crippen molar-refractivity contribution in [3.05, 3.63) is 0 Å². The van der Waals surface area contributed by atoms with Gasteiger partial charge in [-0.1, -0.05) is 13.8 Å². The summed E-state index contributed by atoms with van der Waals surface area (Å²) in [4.78, 5) is 121. The summed E-state index contributed by atoms with van der Waals surface area (Å²) in [6.45, 7) is 3.18. The van der Waals surface area contributed by atoms with Crippen LogP contribution in [0.4, 0.5) is 0 Å². The van der Waals surface area contributed by atoms with Crippen molar-refractivity contribution in [2.75, 3.05) is 59.0 Å². The van der Waals surface area contributed by atoms with Gasteiger partial charge in [0.25, 0.3) is 0 Å². The maximum Gasteiger partial charge on any atom is 0.245 e. The maximum absolute atomic E-state index is 13.9. The van der Waals surface area contributed by atoms with Gasteiger partial charge in [-0.15, -0.1) is 0 Å². The third kappa shape index (κ3) is 21.5. The number of hydrogen-bond donors (Lipinski definition) is 18. The van der Waals surface area contributed by atoms with Crippen molar-refractivity contribution < 1.29 is 53.4 Å². The fourth-order valence-electron chi connectivity index (χ4n) is 6.56. The van der Waals surface area contributed by atoms with Crippen molar-refractivity contribution in [3.8, 4) is 0 Å². The zero-order valence-electron chi connectivity index (χ0n) is 38.2. The first kappa shape index (κ1) is 58.9. The molecule has 1 rings (SSSR count). The first-order valence-corrected chi connectivity index (χ1v) is 22.2. The van der Waals surface area contributed by atoms with E-state index in [1.807, 2.05) is 0 Å². The minimum atomic E-state index is -1.56. The van der Waals surface area contributed by atoms with E-state index in [1.54, 1.807) is 13.8 Å². The summed E-state index contributed by atoms with van der Waals surface area (Å²) in [5, 5.41) is 46.1. The predicted octanol–water partition coefficient (Wildman–Crippen LogP) is -9.54. The van der Waals surface area contributed by atoms with Crippen molar-refractivity contribution in [2.24, 2.45) is 40.3 Å². The number of aliphatic hydroxyl groups is 2. The van der Waals surface area contributed by atoms with Gasteiger partial charge >= 0.3 is 0 Å². The highest BCUT2D eigenvalue weighted by atomic mass is 16.3. The molecule has 1 aliphatic rings. The van der Waals surface area contributed by atoms with Crippen LogP contribution in [0.3, 0.4) is 0 Å². The lowest BCUT2D eigenvalue weighted by Gasteiger charge is -2.27. The molecule has 1 fully saturated rings. The lowest BCUT2D eigenvalue weighted by atomic mass is 10.0. The molecule has 0 aromatic heterocycles. The summed E-state index contributed by atoms with van der Waals surface area (Å²) in [6, 6.07) is -11.4. The zero-order valence-corrected chi connectivity index (χ0v) is 38.2. The molecule has 0 radical (unpaired) electrons. The van der Waals surface area contributed by atoms with Crippen molar-refractivity contribution in [1.82, 2.24) is 53.2 Å². The Bertz CT molecular complexity index is 1590. The van der Waals surface area contributed by atoms with Gasteiger partial charge < -0.3 is 97.8 Å². The Labute approximate surface area is 384 Å². The third-order valence-electron chi connectivity index (χ3n) is 10.2. The third-order valence-corrected chi connectivity index (χ3v) is 10.2. The van der Waals surface area contributed by atoms with Gasteiger partial charge in [-0.3, -0.25) is 43.2 Å². The topological polar surface area (TPSA) is 471 Å². The van der Waals surface area contributed by atoms with Gasteiger partial charge in [-0.25, -0.2) is 0 Å². The van der Waals surface area contributed by atoms with Crippen molar-refractivity contribution >= 4 is 53.2 Å². The minimum Gasteiger partial charge on any atom is -0.394 e. The number of nitrogens with one attached hydrogen (secondary N) is 10. The number of hydrogen-bond acceptors (Lipinski definition) is 18. The highest BCUT2D eigenvalue weighted by Gasteiger charge is 2.34. The largest absolute Gasteiger partial charge is 0.394 e. The molecule has 24 N–H and O–H groups in total. The van der Waals surface area contributed by atoms with Gasteiger partial charge in [-0.2, -0.15) is 0 Å². The van der Waals surface area contributed by atoms with Crippen LogP contribution in [0.5, 0.6) is 0 Å². The number of carbonyl (C=O) groups excluding carboxylic acids is 9. The van der Waals surface area contributed by atoms with Crippen LogP contribution in [-0.4, -0.2) is 183 Å². The van der Waals surface area contributed by atoms with E-state index in [0.717, 1.165) is 0 Å². The van der Waals surface area contributed by atoms with Gasteiger partial charge in [0.15, 0.2) is 0 Å². The van der Waals surface area contributed by atoms with Crippen LogP contribution in [0, 0.1) is 5.92 Å². The van der Waals surface area contributed by atoms with Crippen LogP contribution in [0.1, 0.15) is 65.7 Å². The first-order valence-electron chi connectivity index (χ1n) is 22.2. The second-order valence-electron chi connectivity index (χ2n) is 16.4.